The van der Waals surface area contributed by atoms with Crippen molar-refractivity contribution in [2.45, 2.75) is 32.4 Å². The van der Waals surface area contributed by atoms with Crippen LogP contribution >= 0.6 is 0 Å². The van der Waals surface area contributed by atoms with E-state index in [0.29, 0.717) is 34.9 Å². The van der Waals surface area contributed by atoms with Gasteiger partial charge < -0.3 is 35.6 Å². The van der Waals surface area contributed by atoms with E-state index in [4.69, 9.17) is 4.74 Å². The average molecular weight is 660 g/mol. The van der Waals surface area contributed by atoms with E-state index < -0.39 is 18.2 Å². The fourth-order valence-electron chi connectivity index (χ4n) is 6.24. The minimum atomic E-state index is -0.491. The van der Waals surface area contributed by atoms with Gasteiger partial charge in [0.15, 0.2) is 0 Å². The standard InChI is InChI=1S/C39H41N5O5/c1-25-22-44(26(2)24-45)37(46)21-29-20-30(40-38(47)41-33-16-8-12-27-10-4-6-14-31(27)33)18-19-35(29)49-36(25)23-43(3)39(48)42-34-17-9-13-28-11-5-7-15-32(28)34/h4-20,25-26,36,45H,21-24H2,1-3H3,(H,42,48)(H2,40,41,47)/t25-,26-,36+/m0/s1. The summed E-state index contributed by atoms with van der Waals surface area (Å²) in [7, 11) is 1.71. The maximum absolute atomic E-state index is 13.7. The van der Waals surface area contributed by atoms with Crippen LogP contribution in [-0.4, -0.2) is 71.8 Å². The van der Waals surface area contributed by atoms with E-state index in [-0.39, 0.29) is 37.4 Å². The molecule has 1 aliphatic heterocycles. The Morgan fingerprint density at radius 1 is 0.878 bits per heavy atom. The van der Waals surface area contributed by atoms with Crippen molar-refractivity contribution in [3.05, 3.63) is 109 Å². The molecule has 5 aromatic carbocycles. The number of ether oxygens (including phenoxy) is 1. The van der Waals surface area contributed by atoms with Crippen LogP contribution in [0.1, 0.15) is 19.4 Å². The Morgan fingerprint density at radius 3 is 2.14 bits per heavy atom. The average Bonchev–Trinajstić information content (AvgIpc) is 3.15. The van der Waals surface area contributed by atoms with Gasteiger partial charge in [-0.05, 0) is 48.0 Å². The van der Waals surface area contributed by atoms with Gasteiger partial charge in [-0.1, -0.05) is 79.7 Å². The Bertz CT molecular complexity index is 1990. The molecule has 1 aliphatic rings. The molecular formula is C39H41N5O5. The second-order valence-corrected chi connectivity index (χ2v) is 12.7. The molecule has 10 nitrogen and oxygen atoms in total. The van der Waals surface area contributed by atoms with Crippen LogP contribution < -0.4 is 20.7 Å². The number of anilines is 3. The van der Waals surface area contributed by atoms with E-state index in [9.17, 15) is 19.5 Å². The number of nitrogens with one attached hydrogen (secondary N) is 3. The Morgan fingerprint density at radius 2 is 1.49 bits per heavy atom. The zero-order valence-corrected chi connectivity index (χ0v) is 27.9. The van der Waals surface area contributed by atoms with Crippen molar-refractivity contribution < 1.29 is 24.2 Å². The lowest BCUT2D eigenvalue weighted by molar-refractivity contribution is -0.134. The van der Waals surface area contributed by atoms with Crippen molar-refractivity contribution in [2.24, 2.45) is 5.92 Å². The molecule has 5 amide bonds. The van der Waals surface area contributed by atoms with Crippen molar-refractivity contribution in [3.8, 4) is 5.75 Å². The van der Waals surface area contributed by atoms with Gasteiger partial charge in [-0.3, -0.25) is 4.79 Å². The minimum Gasteiger partial charge on any atom is -0.488 e. The normalized spacial score (nSPS) is 16.8. The first kappa shape index (κ1) is 33.3. The number of urea groups is 2. The number of hydrogen-bond acceptors (Lipinski definition) is 5. The Hall–Kier alpha value is -5.61. The molecule has 6 rings (SSSR count). The number of carbonyl (C=O) groups is 3. The van der Waals surface area contributed by atoms with Gasteiger partial charge in [0, 0.05) is 41.5 Å². The van der Waals surface area contributed by atoms with E-state index >= 15 is 0 Å². The van der Waals surface area contributed by atoms with Crippen LogP contribution in [0, 0.1) is 5.92 Å². The lowest BCUT2D eigenvalue weighted by atomic mass is 10.0. The molecule has 0 unspecified atom stereocenters. The number of aliphatic hydroxyl groups is 1. The van der Waals surface area contributed by atoms with Crippen LogP contribution in [0.4, 0.5) is 26.7 Å². The number of carbonyl (C=O) groups excluding carboxylic acids is 3. The van der Waals surface area contributed by atoms with Crippen LogP contribution in [0.25, 0.3) is 21.5 Å². The number of rotatable bonds is 7. The fourth-order valence-corrected chi connectivity index (χ4v) is 6.24. The van der Waals surface area contributed by atoms with Gasteiger partial charge in [-0.2, -0.15) is 0 Å². The summed E-state index contributed by atoms with van der Waals surface area (Å²) in [6.45, 7) is 4.15. The van der Waals surface area contributed by atoms with Crippen molar-refractivity contribution in [1.29, 1.82) is 0 Å². The molecular weight excluding hydrogens is 618 g/mol. The summed E-state index contributed by atoms with van der Waals surface area (Å²) in [5, 5.41) is 22.7. The summed E-state index contributed by atoms with van der Waals surface area (Å²) in [5.41, 5.74) is 2.47. The van der Waals surface area contributed by atoms with E-state index in [1.165, 1.54) is 0 Å². The molecule has 0 aromatic heterocycles. The highest BCUT2D eigenvalue weighted by molar-refractivity contribution is 6.06. The first-order chi connectivity index (χ1) is 23.7. The molecule has 5 aromatic rings. The first-order valence-electron chi connectivity index (χ1n) is 16.5. The summed E-state index contributed by atoms with van der Waals surface area (Å²) in [6, 6.07) is 31.2. The van der Waals surface area contributed by atoms with E-state index in [1.807, 2.05) is 91.9 Å². The predicted molar refractivity (Wildman–Crippen MR) is 194 cm³/mol. The minimum absolute atomic E-state index is 0.0109. The van der Waals surface area contributed by atoms with Crippen molar-refractivity contribution >= 4 is 56.6 Å². The van der Waals surface area contributed by atoms with Gasteiger partial charge in [0.05, 0.1) is 37.0 Å². The molecule has 0 spiro atoms. The number of hydrogen-bond donors (Lipinski definition) is 4. The van der Waals surface area contributed by atoms with Crippen LogP contribution in [0.2, 0.25) is 0 Å². The zero-order valence-electron chi connectivity index (χ0n) is 27.9. The summed E-state index contributed by atoms with van der Waals surface area (Å²) in [6.07, 6.45) is -0.480. The monoisotopic (exact) mass is 659 g/mol. The van der Waals surface area contributed by atoms with Gasteiger partial charge in [-0.15, -0.1) is 0 Å². The maximum Gasteiger partial charge on any atom is 0.323 e. The number of likely N-dealkylation sites (N-methyl/N-ethyl adjacent to an activating group) is 1. The molecule has 0 aliphatic carbocycles. The highest BCUT2D eigenvalue weighted by Gasteiger charge is 2.32. The predicted octanol–water partition coefficient (Wildman–Crippen LogP) is 6.95. The van der Waals surface area contributed by atoms with Crippen molar-refractivity contribution in [2.75, 3.05) is 42.7 Å². The van der Waals surface area contributed by atoms with Crippen molar-refractivity contribution in [1.82, 2.24) is 9.80 Å². The molecule has 252 valence electrons. The second kappa shape index (κ2) is 14.7. The van der Waals surface area contributed by atoms with Gasteiger partial charge >= 0.3 is 12.1 Å². The topological polar surface area (TPSA) is 123 Å². The molecule has 0 bridgehead atoms. The smallest absolute Gasteiger partial charge is 0.323 e. The Kier molecular flexibility index (Phi) is 9.96. The summed E-state index contributed by atoms with van der Waals surface area (Å²) in [5.74, 6) is 0.130. The van der Waals surface area contributed by atoms with E-state index in [2.05, 4.69) is 16.0 Å². The van der Waals surface area contributed by atoms with Crippen molar-refractivity contribution in [3.63, 3.8) is 0 Å². The third kappa shape index (κ3) is 7.60. The van der Waals surface area contributed by atoms with Crippen LogP contribution in [0.15, 0.2) is 103 Å². The summed E-state index contributed by atoms with van der Waals surface area (Å²) in [4.78, 5) is 43.4. The SMILES string of the molecule is C[C@H]1CN([C@@H](C)CO)C(=O)Cc2cc(NC(=O)Nc3cccc4ccccc34)ccc2O[C@@H]1CN(C)C(=O)Nc1cccc2ccccc12. The molecule has 0 fully saturated rings. The number of aliphatic hydroxyl groups excluding tert-OH is 1. The molecule has 3 atom stereocenters. The second-order valence-electron chi connectivity index (χ2n) is 12.7. The Labute approximate surface area is 285 Å². The molecule has 0 saturated carbocycles. The van der Waals surface area contributed by atoms with Crippen LogP contribution in [0.3, 0.4) is 0 Å². The lowest BCUT2D eigenvalue weighted by Crippen LogP contribution is -2.48. The molecule has 10 heteroatoms. The fraction of sp³-hybridized carbons (Fsp3) is 0.256. The molecule has 1 heterocycles. The van der Waals surface area contributed by atoms with E-state index in [1.54, 1.807) is 42.0 Å². The third-order valence-electron chi connectivity index (χ3n) is 9.04. The number of amides is 5. The molecule has 0 saturated heterocycles. The van der Waals surface area contributed by atoms with E-state index in [0.717, 1.165) is 21.5 Å². The molecule has 49 heavy (non-hydrogen) atoms. The largest absolute Gasteiger partial charge is 0.488 e. The highest BCUT2D eigenvalue weighted by atomic mass is 16.5. The quantitative estimate of drug-likeness (QED) is 0.151. The lowest BCUT2D eigenvalue weighted by Gasteiger charge is -2.34. The molecule has 0 radical (unpaired) electrons. The van der Waals surface area contributed by atoms with Gasteiger partial charge in [0.25, 0.3) is 0 Å². The Balaban J connectivity index is 1.22. The summed E-state index contributed by atoms with van der Waals surface area (Å²) >= 11 is 0. The zero-order chi connectivity index (χ0) is 34.5. The highest BCUT2D eigenvalue weighted by Crippen LogP contribution is 2.30. The number of fused-ring (bicyclic) bond motifs is 3. The van der Waals surface area contributed by atoms with Gasteiger partial charge in [-0.25, -0.2) is 9.59 Å². The number of benzene rings is 5. The molecule has 4 N–H and O–H groups in total. The number of nitrogens with zero attached hydrogens (tertiary/aromatic N) is 2. The van der Waals surface area contributed by atoms with Gasteiger partial charge in [0.1, 0.15) is 11.9 Å². The third-order valence-corrected chi connectivity index (χ3v) is 9.04. The first-order valence-corrected chi connectivity index (χ1v) is 16.5. The van der Waals surface area contributed by atoms with Crippen LogP contribution in [0.5, 0.6) is 5.75 Å². The summed E-state index contributed by atoms with van der Waals surface area (Å²) < 4.78 is 6.59. The maximum atomic E-state index is 13.7. The van der Waals surface area contributed by atoms with Crippen LogP contribution in [-0.2, 0) is 11.2 Å². The van der Waals surface area contributed by atoms with Gasteiger partial charge in [0.2, 0.25) is 5.91 Å².